The van der Waals surface area contributed by atoms with E-state index in [9.17, 15) is 9.18 Å². The number of rotatable bonds is 2. The molecule has 2 unspecified atom stereocenters. The second-order valence-corrected chi connectivity index (χ2v) is 4.38. The molecular weight excluding hydrogens is 280 g/mol. The molecule has 3 rings (SSSR count). The first-order valence-corrected chi connectivity index (χ1v) is 5.38. The van der Waals surface area contributed by atoms with Gasteiger partial charge in [0, 0.05) is 25.3 Å². The molecule has 2 atom stereocenters. The zero-order valence-electron chi connectivity index (χ0n) is 9.43. The van der Waals surface area contributed by atoms with Crippen molar-refractivity contribution in [2.24, 2.45) is 11.8 Å². The van der Waals surface area contributed by atoms with Crippen molar-refractivity contribution in [1.29, 1.82) is 0 Å². The van der Waals surface area contributed by atoms with Gasteiger partial charge in [-0.05, 0) is 17.9 Å². The lowest BCUT2D eigenvalue weighted by atomic mass is 10.2. The van der Waals surface area contributed by atoms with Gasteiger partial charge in [0.25, 0.3) is 5.91 Å². The molecule has 0 spiro atoms. The van der Waals surface area contributed by atoms with Crippen LogP contribution in [-0.2, 0) is 0 Å². The molecule has 0 radical (unpaired) electrons. The molecule has 0 bridgehead atoms. The quantitative estimate of drug-likeness (QED) is 0.856. The number of nitrogens with zero attached hydrogens (tertiary/aromatic N) is 1. The van der Waals surface area contributed by atoms with Gasteiger partial charge in [-0.25, -0.2) is 4.39 Å². The number of amides is 1. The summed E-state index contributed by atoms with van der Waals surface area (Å²) in [4.78, 5) is 15.4. The molecule has 7 heteroatoms. The zero-order valence-corrected chi connectivity index (χ0v) is 11.1. The number of hydrogen-bond acceptors (Lipinski definition) is 3. The Morgan fingerprint density at radius 2 is 2.00 bits per heavy atom. The third kappa shape index (κ3) is 2.74. The molecule has 100 valence electrons. The molecule has 1 aliphatic heterocycles. The number of fused-ring (bicyclic) bond motifs is 1. The van der Waals surface area contributed by atoms with Crippen LogP contribution < -0.4 is 10.6 Å². The largest absolute Gasteiger partial charge is 0.349 e. The Morgan fingerprint density at radius 1 is 1.33 bits per heavy atom. The van der Waals surface area contributed by atoms with Gasteiger partial charge in [0.1, 0.15) is 5.82 Å². The van der Waals surface area contributed by atoms with Gasteiger partial charge in [0.05, 0.1) is 11.8 Å². The van der Waals surface area contributed by atoms with E-state index in [0.717, 1.165) is 19.3 Å². The third-order valence-electron chi connectivity index (χ3n) is 3.36. The second kappa shape index (κ2) is 5.82. The lowest BCUT2D eigenvalue weighted by Crippen LogP contribution is -2.32. The minimum Gasteiger partial charge on any atom is -0.349 e. The van der Waals surface area contributed by atoms with E-state index in [1.54, 1.807) is 0 Å². The van der Waals surface area contributed by atoms with E-state index in [0.29, 0.717) is 11.8 Å². The maximum atomic E-state index is 12.9. The normalized spacial score (nSPS) is 27.5. The van der Waals surface area contributed by atoms with Crippen molar-refractivity contribution in [1.82, 2.24) is 15.6 Å². The first-order chi connectivity index (χ1) is 7.75. The van der Waals surface area contributed by atoms with E-state index in [1.165, 1.54) is 12.3 Å². The molecule has 1 amide bonds. The van der Waals surface area contributed by atoms with Crippen LogP contribution in [-0.4, -0.2) is 30.0 Å². The van der Waals surface area contributed by atoms with Crippen molar-refractivity contribution in [3.8, 4) is 0 Å². The highest BCUT2D eigenvalue weighted by Gasteiger charge is 2.53. The molecule has 1 aromatic heterocycles. The van der Waals surface area contributed by atoms with E-state index in [-0.39, 0.29) is 42.3 Å². The number of piperidine rings is 1. The summed E-state index contributed by atoms with van der Waals surface area (Å²) < 4.78 is 12.9. The van der Waals surface area contributed by atoms with E-state index in [1.807, 2.05) is 0 Å². The molecule has 0 aromatic carbocycles. The second-order valence-electron chi connectivity index (χ2n) is 4.38. The molecule has 2 aliphatic rings. The SMILES string of the molecule is Cl.Cl.O=C(NC1C2CNCC21)c1cncc(F)c1. The van der Waals surface area contributed by atoms with Crippen LogP contribution in [0.5, 0.6) is 0 Å². The predicted molar refractivity (Wildman–Crippen MR) is 69.8 cm³/mol. The van der Waals surface area contributed by atoms with Gasteiger partial charge < -0.3 is 10.6 Å². The fraction of sp³-hybridized carbons (Fsp3) is 0.455. The van der Waals surface area contributed by atoms with Crippen LogP contribution >= 0.6 is 24.8 Å². The molecule has 1 saturated carbocycles. The predicted octanol–water partition coefficient (Wildman–Crippen LogP) is 1.01. The molecule has 1 aliphatic carbocycles. The van der Waals surface area contributed by atoms with Crippen LogP contribution in [0, 0.1) is 17.7 Å². The Kier molecular flexibility index (Phi) is 4.90. The minimum atomic E-state index is -0.481. The van der Waals surface area contributed by atoms with E-state index in [4.69, 9.17) is 0 Å². The fourth-order valence-electron chi connectivity index (χ4n) is 2.40. The van der Waals surface area contributed by atoms with Gasteiger partial charge in [0.2, 0.25) is 0 Å². The first kappa shape index (κ1) is 15.1. The highest BCUT2D eigenvalue weighted by atomic mass is 35.5. The highest BCUT2D eigenvalue weighted by molar-refractivity contribution is 5.94. The summed E-state index contributed by atoms with van der Waals surface area (Å²) in [7, 11) is 0. The fourth-order valence-corrected chi connectivity index (χ4v) is 2.40. The summed E-state index contributed by atoms with van der Waals surface area (Å²) in [6.45, 7) is 1.94. The molecule has 18 heavy (non-hydrogen) atoms. The Labute approximate surface area is 117 Å². The van der Waals surface area contributed by atoms with Gasteiger partial charge in [-0.15, -0.1) is 24.8 Å². The van der Waals surface area contributed by atoms with Crippen molar-refractivity contribution in [2.45, 2.75) is 6.04 Å². The summed E-state index contributed by atoms with van der Waals surface area (Å²) in [5.74, 6) is 0.410. The number of aromatic nitrogens is 1. The zero-order chi connectivity index (χ0) is 11.1. The molecular formula is C11H14Cl2FN3O. The Morgan fingerprint density at radius 3 is 2.61 bits per heavy atom. The third-order valence-corrected chi connectivity index (χ3v) is 3.36. The summed E-state index contributed by atoms with van der Waals surface area (Å²) in [6.07, 6.45) is 2.47. The summed E-state index contributed by atoms with van der Waals surface area (Å²) in [6, 6.07) is 1.47. The number of carbonyl (C=O) groups is 1. The number of pyridine rings is 1. The van der Waals surface area contributed by atoms with E-state index < -0.39 is 5.82 Å². The Hall–Kier alpha value is -0.910. The van der Waals surface area contributed by atoms with Crippen LogP contribution in [0.4, 0.5) is 4.39 Å². The summed E-state index contributed by atoms with van der Waals surface area (Å²) in [5.41, 5.74) is 0.290. The van der Waals surface area contributed by atoms with Crippen molar-refractivity contribution < 1.29 is 9.18 Å². The minimum absolute atomic E-state index is 0. The molecule has 2 fully saturated rings. The number of nitrogens with one attached hydrogen (secondary N) is 2. The average molecular weight is 294 g/mol. The topological polar surface area (TPSA) is 54.0 Å². The maximum absolute atomic E-state index is 12.9. The highest BCUT2D eigenvalue weighted by Crippen LogP contribution is 2.41. The van der Waals surface area contributed by atoms with Crippen LogP contribution in [0.2, 0.25) is 0 Å². The van der Waals surface area contributed by atoms with Crippen molar-refractivity contribution in [2.75, 3.05) is 13.1 Å². The van der Waals surface area contributed by atoms with Crippen molar-refractivity contribution >= 4 is 30.7 Å². The summed E-state index contributed by atoms with van der Waals surface area (Å²) in [5, 5.41) is 6.16. The summed E-state index contributed by atoms with van der Waals surface area (Å²) >= 11 is 0. The van der Waals surface area contributed by atoms with E-state index in [2.05, 4.69) is 15.6 Å². The van der Waals surface area contributed by atoms with Gasteiger partial charge >= 0.3 is 0 Å². The van der Waals surface area contributed by atoms with Crippen LogP contribution in [0.25, 0.3) is 0 Å². The molecule has 1 aromatic rings. The van der Waals surface area contributed by atoms with Crippen molar-refractivity contribution in [3.63, 3.8) is 0 Å². The number of hydrogen-bond donors (Lipinski definition) is 2. The van der Waals surface area contributed by atoms with Crippen LogP contribution in [0.3, 0.4) is 0 Å². The lowest BCUT2D eigenvalue weighted by molar-refractivity contribution is 0.0945. The van der Waals surface area contributed by atoms with Crippen LogP contribution in [0.1, 0.15) is 10.4 Å². The van der Waals surface area contributed by atoms with E-state index >= 15 is 0 Å². The Balaban J connectivity index is 0.000000810. The molecule has 2 N–H and O–H groups in total. The lowest BCUT2D eigenvalue weighted by Gasteiger charge is -2.07. The van der Waals surface area contributed by atoms with Gasteiger partial charge in [-0.1, -0.05) is 0 Å². The first-order valence-electron chi connectivity index (χ1n) is 5.38. The monoisotopic (exact) mass is 293 g/mol. The molecule has 4 nitrogen and oxygen atoms in total. The maximum Gasteiger partial charge on any atom is 0.253 e. The average Bonchev–Trinajstić information content (AvgIpc) is 2.74. The molecule has 1 saturated heterocycles. The van der Waals surface area contributed by atoms with Crippen LogP contribution in [0.15, 0.2) is 18.5 Å². The smallest absolute Gasteiger partial charge is 0.253 e. The molecule has 2 heterocycles. The Bertz CT molecular complexity index is 436. The number of carbonyl (C=O) groups excluding carboxylic acids is 1. The van der Waals surface area contributed by atoms with Gasteiger partial charge in [-0.3, -0.25) is 9.78 Å². The van der Waals surface area contributed by atoms with Gasteiger partial charge in [-0.2, -0.15) is 0 Å². The van der Waals surface area contributed by atoms with Gasteiger partial charge in [0.15, 0.2) is 0 Å². The number of halogens is 3. The van der Waals surface area contributed by atoms with Crippen molar-refractivity contribution in [3.05, 3.63) is 29.8 Å². The standard InChI is InChI=1S/C11H12FN3O.2ClH/c12-7-1-6(2-13-3-7)11(16)15-10-8-4-14-5-9(8)10;;/h1-3,8-10,14H,4-5H2,(H,15,16);2*1H.